The van der Waals surface area contributed by atoms with Gasteiger partial charge in [0.05, 0.1) is 5.56 Å². The molecule has 1 amide bonds. The summed E-state index contributed by atoms with van der Waals surface area (Å²) in [6.45, 7) is 4.34. The van der Waals surface area contributed by atoms with Crippen molar-refractivity contribution in [2.75, 3.05) is 12.4 Å². The number of phenolic OH excluding ortho intramolecular Hbond substituents is 1. The molecule has 1 N–H and O–H groups in total. The van der Waals surface area contributed by atoms with Gasteiger partial charge in [-0.1, -0.05) is 13.8 Å². The lowest BCUT2D eigenvalue weighted by Gasteiger charge is -2.30. The molecule has 0 aliphatic carbocycles. The van der Waals surface area contributed by atoms with Gasteiger partial charge in [-0.25, -0.2) is 4.39 Å². The van der Waals surface area contributed by atoms with Crippen LogP contribution in [0.15, 0.2) is 18.2 Å². The summed E-state index contributed by atoms with van der Waals surface area (Å²) in [5, 5.41) is 9.70. The number of carbonyl (C=O) groups is 1. The second-order valence-corrected chi connectivity index (χ2v) is 4.70. The van der Waals surface area contributed by atoms with Gasteiger partial charge in [0, 0.05) is 18.5 Å². The zero-order chi connectivity index (χ0) is 14.4. The van der Waals surface area contributed by atoms with E-state index in [9.17, 15) is 14.3 Å². The Morgan fingerprint density at radius 3 is 2.58 bits per heavy atom. The van der Waals surface area contributed by atoms with Gasteiger partial charge in [0.25, 0.3) is 5.91 Å². The van der Waals surface area contributed by atoms with Crippen molar-refractivity contribution < 1.29 is 14.3 Å². The fourth-order valence-corrected chi connectivity index (χ4v) is 2.29. The number of amides is 1. The van der Waals surface area contributed by atoms with E-state index in [2.05, 4.69) is 0 Å². The Hall–Kier alpha value is -1.29. The summed E-state index contributed by atoms with van der Waals surface area (Å²) in [7, 11) is 0. The predicted octanol–water partition coefficient (Wildman–Crippen LogP) is 3.40. The van der Waals surface area contributed by atoms with E-state index in [1.54, 1.807) is 4.90 Å². The highest BCUT2D eigenvalue weighted by Gasteiger charge is 2.24. The highest BCUT2D eigenvalue weighted by Crippen LogP contribution is 2.22. The number of phenols is 1. The Balaban J connectivity index is 3.08. The number of nitrogens with zero attached hydrogens (tertiary/aromatic N) is 1. The Kier molecular flexibility index (Phi) is 6.09. The molecule has 5 heteroatoms. The van der Waals surface area contributed by atoms with Crippen LogP contribution in [-0.2, 0) is 0 Å². The van der Waals surface area contributed by atoms with Crippen molar-refractivity contribution in [1.82, 2.24) is 4.90 Å². The smallest absolute Gasteiger partial charge is 0.258 e. The third-order valence-corrected chi connectivity index (χ3v) is 3.33. The zero-order valence-corrected chi connectivity index (χ0v) is 12.0. The van der Waals surface area contributed by atoms with Crippen LogP contribution in [0.2, 0.25) is 0 Å². The van der Waals surface area contributed by atoms with Gasteiger partial charge >= 0.3 is 0 Å². The number of hydrogen-bond donors (Lipinski definition) is 1. The summed E-state index contributed by atoms with van der Waals surface area (Å²) >= 11 is 5.73. The normalized spacial score (nSPS) is 10.8. The maximum Gasteiger partial charge on any atom is 0.258 e. The quantitative estimate of drug-likeness (QED) is 0.815. The van der Waals surface area contributed by atoms with E-state index in [1.807, 2.05) is 13.8 Å². The molecule has 0 radical (unpaired) electrons. The second-order valence-electron chi connectivity index (χ2n) is 4.32. The first kappa shape index (κ1) is 15.8. The highest BCUT2D eigenvalue weighted by atomic mass is 35.5. The maximum atomic E-state index is 13.2. The lowest BCUT2D eigenvalue weighted by atomic mass is 10.1. The van der Waals surface area contributed by atoms with Crippen LogP contribution in [0, 0.1) is 5.82 Å². The van der Waals surface area contributed by atoms with E-state index in [1.165, 1.54) is 6.07 Å². The molecular formula is C14H19ClFNO2. The highest BCUT2D eigenvalue weighted by molar-refractivity contribution is 6.18. The van der Waals surface area contributed by atoms with Crippen LogP contribution in [0.4, 0.5) is 4.39 Å². The average molecular weight is 288 g/mol. The van der Waals surface area contributed by atoms with Gasteiger partial charge in [-0.15, -0.1) is 11.6 Å². The van der Waals surface area contributed by atoms with Crippen molar-refractivity contribution >= 4 is 17.5 Å². The molecule has 0 aromatic heterocycles. The average Bonchev–Trinajstić information content (AvgIpc) is 2.41. The van der Waals surface area contributed by atoms with Crippen molar-refractivity contribution in [3.05, 3.63) is 29.6 Å². The monoisotopic (exact) mass is 287 g/mol. The minimum atomic E-state index is -0.545. The number of benzene rings is 1. The van der Waals surface area contributed by atoms with Crippen LogP contribution in [0.3, 0.4) is 0 Å². The van der Waals surface area contributed by atoms with Crippen LogP contribution in [0.1, 0.15) is 37.0 Å². The molecule has 3 nitrogen and oxygen atoms in total. The Morgan fingerprint density at radius 2 is 2.05 bits per heavy atom. The Morgan fingerprint density at radius 1 is 1.42 bits per heavy atom. The van der Waals surface area contributed by atoms with Crippen molar-refractivity contribution in [3.63, 3.8) is 0 Å². The summed E-state index contributed by atoms with van der Waals surface area (Å²) in [6, 6.07) is 3.40. The number of aromatic hydroxyl groups is 1. The molecule has 0 spiro atoms. The fourth-order valence-electron chi connectivity index (χ4n) is 2.10. The molecule has 1 aromatic rings. The first-order valence-electron chi connectivity index (χ1n) is 6.40. The molecule has 0 saturated carbocycles. The number of halogens is 2. The Bertz CT molecular complexity index is 435. The lowest BCUT2D eigenvalue weighted by molar-refractivity contribution is 0.0678. The topological polar surface area (TPSA) is 40.5 Å². The SMILES string of the molecule is CCC(CC)N(CCCl)C(=O)c1cc(F)ccc1O. The third-order valence-electron chi connectivity index (χ3n) is 3.16. The van der Waals surface area contributed by atoms with E-state index in [0.29, 0.717) is 12.4 Å². The molecule has 0 heterocycles. The summed E-state index contributed by atoms with van der Waals surface area (Å²) in [5.74, 6) is -0.835. The lowest BCUT2D eigenvalue weighted by Crippen LogP contribution is -2.41. The van der Waals surface area contributed by atoms with Crippen molar-refractivity contribution in [2.24, 2.45) is 0 Å². The van der Waals surface area contributed by atoms with Crippen molar-refractivity contribution in [2.45, 2.75) is 32.7 Å². The van der Waals surface area contributed by atoms with Gasteiger partial charge < -0.3 is 10.0 Å². The van der Waals surface area contributed by atoms with E-state index in [-0.39, 0.29) is 23.3 Å². The van der Waals surface area contributed by atoms with Crippen LogP contribution in [0.5, 0.6) is 5.75 Å². The predicted molar refractivity (Wildman–Crippen MR) is 74.2 cm³/mol. The van der Waals surface area contributed by atoms with Crippen LogP contribution >= 0.6 is 11.6 Å². The minimum Gasteiger partial charge on any atom is -0.507 e. The van der Waals surface area contributed by atoms with Gasteiger partial charge in [0.1, 0.15) is 11.6 Å². The molecule has 106 valence electrons. The minimum absolute atomic E-state index is 0.0167. The molecule has 19 heavy (non-hydrogen) atoms. The van der Waals surface area contributed by atoms with Gasteiger partial charge in [-0.3, -0.25) is 4.79 Å². The van der Waals surface area contributed by atoms with Crippen LogP contribution in [-0.4, -0.2) is 34.4 Å². The number of rotatable bonds is 6. The van der Waals surface area contributed by atoms with Crippen molar-refractivity contribution in [3.8, 4) is 5.75 Å². The molecule has 0 atom stereocenters. The number of hydrogen-bond acceptors (Lipinski definition) is 2. The fraction of sp³-hybridized carbons (Fsp3) is 0.500. The van der Waals surface area contributed by atoms with Gasteiger partial charge in [-0.05, 0) is 31.0 Å². The number of alkyl halides is 1. The van der Waals surface area contributed by atoms with E-state index in [0.717, 1.165) is 25.0 Å². The van der Waals surface area contributed by atoms with E-state index in [4.69, 9.17) is 11.6 Å². The summed E-state index contributed by atoms with van der Waals surface area (Å²) in [4.78, 5) is 14.0. The number of carbonyl (C=O) groups excluding carboxylic acids is 1. The molecule has 0 bridgehead atoms. The summed E-state index contributed by atoms with van der Waals surface area (Å²) in [6.07, 6.45) is 1.57. The van der Waals surface area contributed by atoms with Gasteiger partial charge in [0.2, 0.25) is 0 Å². The standard InChI is InChI=1S/C14H19ClFNO2/c1-3-11(4-2)17(8-7-15)14(19)12-9-10(16)5-6-13(12)18/h5-6,9,11,18H,3-4,7-8H2,1-2H3. The molecule has 1 aromatic carbocycles. The summed E-state index contributed by atoms with van der Waals surface area (Å²) in [5.41, 5.74) is -0.0167. The van der Waals surface area contributed by atoms with Crippen LogP contribution in [0.25, 0.3) is 0 Å². The van der Waals surface area contributed by atoms with Crippen molar-refractivity contribution in [1.29, 1.82) is 0 Å². The first-order chi connectivity index (χ1) is 9.04. The second kappa shape index (κ2) is 7.34. The van der Waals surface area contributed by atoms with Crippen LogP contribution < -0.4 is 0 Å². The molecule has 0 aliphatic heterocycles. The third kappa shape index (κ3) is 3.83. The molecule has 0 unspecified atom stereocenters. The molecule has 0 aliphatic rings. The zero-order valence-electron chi connectivity index (χ0n) is 11.2. The largest absolute Gasteiger partial charge is 0.507 e. The molecule has 0 fully saturated rings. The summed E-state index contributed by atoms with van der Waals surface area (Å²) < 4.78 is 13.2. The maximum absolute atomic E-state index is 13.2. The first-order valence-corrected chi connectivity index (χ1v) is 6.94. The van der Waals surface area contributed by atoms with E-state index >= 15 is 0 Å². The Labute approximate surface area is 118 Å². The molecular weight excluding hydrogens is 269 g/mol. The molecule has 0 saturated heterocycles. The van der Waals surface area contributed by atoms with E-state index < -0.39 is 5.82 Å². The molecule has 1 rings (SSSR count). The van der Waals surface area contributed by atoms with Gasteiger partial charge in [-0.2, -0.15) is 0 Å². The van der Waals surface area contributed by atoms with Gasteiger partial charge in [0.15, 0.2) is 0 Å².